The minimum absolute atomic E-state index is 0.186. The molecule has 0 amide bonds. The van der Waals surface area contributed by atoms with Gasteiger partial charge in [-0.05, 0) is 57.5 Å². The minimum atomic E-state index is -0.619. The Balaban J connectivity index is 2.17. The fourth-order valence-electron chi connectivity index (χ4n) is 1.44. The summed E-state index contributed by atoms with van der Waals surface area (Å²) >= 11 is 0. The van der Waals surface area contributed by atoms with Gasteiger partial charge in [-0.1, -0.05) is 12.1 Å². The zero-order chi connectivity index (χ0) is 12.0. The van der Waals surface area contributed by atoms with Gasteiger partial charge in [0.25, 0.3) is 0 Å². The summed E-state index contributed by atoms with van der Waals surface area (Å²) in [5.41, 5.74) is 0.377. The van der Waals surface area contributed by atoms with Crippen LogP contribution in [0.5, 0.6) is 0 Å². The maximum Gasteiger partial charge on any atom is 0.123 e. The molecule has 0 spiro atoms. The van der Waals surface area contributed by atoms with Crippen LogP contribution in [0.1, 0.15) is 25.8 Å². The van der Waals surface area contributed by atoms with Crippen LogP contribution >= 0.6 is 0 Å². The summed E-state index contributed by atoms with van der Waals surface area (Å²) in [5.74, 6) is -0.186. The molecule has 2 N–H and O–H groups in total. The van der Waals surface area contributed by atoms with Crippen LogP contribution in [0.15, 0.2) is 24.3 Å². The fourth-order valence-corrected chi connectivity index (χ4v) is 1.44. The predicted octanol–water partition coefficient (Wildman–Crippen LogP) is 2.12. The Bertz CT molecular complexity index is 320. The van der Waals surface area contributed by atoms with Gasteiger partial charge in [-0.25, -0.2) is 4.39 Å². The van der Waals surface area contributed by atoms with E-state index in [1.807, 2.05) is 6.07 Å². The van der Waals surface area contributed by atoms with Crippen molar-refractivity contribution >= 4 is 0 Å². The second-order valence-electron chi connectivity index (χ2n) is 4.69. The molecule has 0 bridgehead atoms. The molecule has 0 heterocycles. The van der Waals surface area contributed by atoms with Crippen molar-refractivity contribution in [1.29, 1.82) is 0 Å². The molecule has 0 fully saturated rings. The number of hydrogen-bond donors (Lipinski definition) is 2. The van der Waals surface area contributed by atoms with Crippen LogP contribution < -0.4 is 5.32 Å². The van der Waals surface area contributed by atoms with Crippen LogP contribution in [0, 0.1) is 5.82 Å². The van der Waals surface area contributed by atoms with Crippen LogP contribution in [-0.4, -0.2) is 23.8 Å². The zero-order valence-electron chi connectivity index (χ0n) is 9.96. The summed E-state index contributed by atoms with van der Waals surface area (Å²) in [6, 6.07) is 6.64. The number of aliphatic hydroxyl groups is 1. The second kappa shape index (κ2) is 5.97. The normalized spacial score (nSPS) is 11.8. The molecule has 2 nitrogen and oxygen atoms in total. The van der Waals surface area contributed by atoms with Crippen molar-refractivity contribution in [2.45, 2.75) is 32.3 Å². The Morgan fingerprint density at radius 3 is 2.69 bits per heavy atom. The van der Waals surface area contributed by atoms with E-state index in [1.54, 1.807) is 26.0 Å². The van der Waals surface area contributed by atoms with Crippen molar-refractivity contribution in [2.24, 2.45) is 0 Å². The molecule has 0 unspecified atom stereocenters. The van der Waals surface area contributed by atoms with E-state index in [9.17, 15) is 9.50 Å². The summed E-state index contributed by atoms with van der Waals surface area (Å²) in [7, 11) is 0. The Morgan fingerprint density at radius 2 is 2.06 bits per heavy atom. The molecule has 0 atom stereocenters. The Labute approximate surface area is 96.5 Å². The largest absolute Gasteiger partial charge is 0.390 e. The summed E-state index contributed by atoms with van der Waals surface area (Å²) in [6.45, 7) is 5.17. The first-order valence-electron chi connectivity index (χ1n) is 5.65. The Kier molecular flexibility index (Phi) is 4.90. The molecule has 0 radical (unpaired) electrons. The zero-order valence-corrected chi connectivity index (χ0v) is 9.96. The van der Waals surface area contributed by atoms with Gasteiger partial charge in [0, 0.05) is 0 Å². The third-order valence-corrected chi connectivity index (χ3v) is 2.39. The Morgan fingerprint density at radius 1 is 1.31 bits per heavy atom. The molecular weight excluding hydrogens is 205 g/mol. The molecule has 0 aliphatic carbocycles. The lowest BCUT2D eigenvalue weighted by Crippen LogP contribution is -2.27. The summed E-state index contributed by atoms with van der Waals surface area (Å²) in [5, 5.41) is 12.7. The summed E-state index contributed by atoms with van der Waals surface area (Å²) in [4.78, 5) is 0. The summed E-state index contributed by atoms with van der Waals surface area (Å²) in [6.07, 6.45) is 1.53. The molecule has 1 aromatic carbocycles. The highest BCUT2D eigenvalue weighted by Crippen LogP contribution is 2.06. The number of halogens is 1. The van der Waals surface area contributed by atoms with Crippen LogP contribution in [-0.2, 0) is 6.42 Å². The van der Waals surface area contributed by atoms with Crippen LogP contribution in [0.2, 0.25) is 0 Å². The van der Waals surface area contributed by atoms with Crippen molar-refractivity contribution in [3.63, 3.8) is 0 Å². The van der Waals surface area contributed by atoms with Gasteiger partial charge in [-0.15, -0.1) is 0 Å². The topological polar surface area (TPSA) is 32.3 Å². The van der Waals surface area contributed by atoms with E-state index in [-0.39, 0.29) is 5.82 Å². The number of hydrogen-bond acceptors (Lipinski definition) is 2. The lowest BCUT2D eigenvalue weighted by atomic mass is 10.1. The lowest BCUT2D eigenvalue weighted by Gasteiger charge is -2.16. The van der Waals surface area contributed by atoms with Gasteiger partial charge < -0.3 is 10.4 Å². The molecule has 0 saturated heterocycles. The fraction of sp³-hybridized carbons (Fsp3) is 0.538. The van der Waals surface area contributed by atoms with Gasteiger partial charge in [0.1, 0.15) is 5.82 Å². The highest BCUT2D eigenvalue weighted by Gasteiger charge is 2.10. The minimum Gasteiger partial charge on any atom is -0.390 e. The number of benzene rings is 1. The molecule has 0 aliphatic heterocycles. The van der Waals surface area contributed by atoms with Crippen molar-refractivity contribution in [2.75, 3.05) is 13.1 Å². The standard InChI is InChI=1S/C13H20FNO/c1-13(2,16)7-9-15-8-6-11-4-3-5-12(14)10-11/h3-5,10,15-16H,6-9H2,1-2H3. The van der Waals surface area contributed by atoms with E-state index in [1.165, 1.54) is 6.07 Å². The van der Waals surface area contributed by atoms with Crippen LogP contribution in [0.3, 0.4) is 0 Å². The average molecular weight is 225 g/mol. The van der Waals surface area contributed by atoms with Gasteiger partial charge in [0.2, 0.25) is 0 Å². The van der Waals surface area contributed by atoms with Gasteiger partial charge in [-0.3, -0.25) is 0 Å². The Hall–Kier alpha value is -0.930. The molecule has 1 aromatic rings. The summed E-state index contributed by atoms with van der Waals surface area (Å²) < 4.78 is 12.8. The number of nitrogens with one attached hydrogen (secondary N) is 1. The molecule has 3 heteroatoms. The predicted molar refractivity (Wildman–Crippen MR) is 63.9 cm³/mol. The van der Waals surface area contributed by atoms with Gasteiger partial charge in [0.15, 0.2) is 0 Å². The molecule has 0 saturated carbocycles. The molecule has 1 rings (SSSR count). The SMILES string of the molecule is CC(C)(O)CCNCCc1cccc(F)c1. The van der Waals surface area contributed by atoms with E-state index in [2.05, 4.69) is 5.32 Å². The molecule has 16 heavy (non-hydrogen) atoms. The highest BCUT2D eigenvalue weighted by molar-refractivity contribution is 5.16. The maximum atomic E-state index is 12.8. The van der Waals surface area contributed by atoms with E-state index < -0.39 is 5.60 Å². The second-order valence-corrected chi connectivity index (χ2v) is 4.69. The lowest BCUT2D eigenvalue weighted by molar-refractivity contribution is 0.0713. The van der Waals surface area contributed by atoms with Crippen molar-refractivity contribution < 1.29 is 9.50 Å². The molecular formula is C13H20FNO. The smallest absolute Gasteiger partial charge is 0.123 e. The van der Waals surface area contributed by atoms with E-state index >= 15 is 0 Å². The highest BCUT2D eigenvalue weighted by atomic mass is 19.1. The van der Waals surface area contributed by atoms with E-state index in [4.69, 9.17) is 0 Å². The average Bonchev–Trinajstić information content (AvgIpc) is 2.15. The quantitative estimate of drug-likeness (QED) is 0.727. The molecule has 90 valence electrons. The first-order valence-corrected chi connectivity index (χ1v) is 5.65. The monoisotopic (exact) mass is 225 g/mol. The first-order chi connectivity index (χ1) is 7.47. The third-order valence-electron chi connectivity index (χ3n) is 2.39. The van der Waals surface area contributed by atoms with Crippen molar-refractivity contribution in [3.8, 4) is 0 Å². The van der Waals surface area contributed by atoms with E-state index in [0.717, 1.165) is 31.5 Å². The van der Waals surface area contributed by atoms with Crippen molar-refractivity contribution in [3.05, 3.63) is 35.6 Å². The number of rotatable bonds is 6. The molecule has 0 aliphatic rings. The van der Waals surface area contributed by atoms with Crippen LogP contribution in [0.25, 0.3) is 0 Å². The van der Waals surface area contributed by atoms with Gasteiger partial charge >= 0.3 is 0 Å². The molecule has 0 aromatic heterocycles. The first kappa shape index (κ1) is 13.1. The van der Waals surface area contributed by atoms with Crippen LogP contribution in [0.4, 0.5) is 4.39 Å². The third kappa shape index (κ3) is 5.83. The van der Waals surface area contributed by atoms with E-state index in [0.29, 0.717) is 0 Å². The van der Waals surface area contributed by atoms with Gasteiger partial charge in [-0.2, -0.15) is 0 Å². The maximum absolute atomic E-state index is 12.8. The van der Waals surface area contributed by atoms with Crippen molar-refractivity contribution in [1.82, 2.24) is 5.32 Å². The van der Waals surface area contributed by atoms with Gasteiger partial charge in [0.05, 0.1) is 5.60 Å².